The van der Waals surface area contributed by atoms with E-state index < -0.39 is 0 Å². The molecule has 1 heterocycles. The summed E-state index contributed by atoms with van der Waals surface area (Å²) in [7, 11) is 5.53. The van der Waals surface area contributed by atoms with Crippen molar-refractivity contribution in [1.82, 2.24) is 20.3 Å². The summed E-state index contributed by atoms with van der Waals surface area (Å²) in [5.41, 5.74) is 5.13. The number of aryl methyl sites for hydroxylation is 1. The summed E-state index contributed by atoms with van der Waals surface area (Å²) < 4.78 is 5.51. The summed E-state index contributed by atoms with van der Waals surface area (Å²) in [6.45, 7) is 9.17. The Balaban J connectivity index is 2.47. The molecule has 0 bridgehead atoms. The second-order valence-corrected chi connectivity index (χ2v) is 8.60. The van der Waals surface area contributed by atoms with Gasteiger partial charge < -0.3 is 9.64 Å². The minimum atomic E-state index is -0.295. The second-order valence-electron chi connectivity index (χ2n) is 8.60. The molecule has 0 radical (unpaired) electrons. The van der Waals surface area contributed by atoms with Gasteiger partial charge in [0.1, 0.15) is 11.8 Å². The summed E-state index contributed by atoms with van der Waals surface area (Å²) in [6.07, 6.45) is 0. The van der Waals surface area contributed by atoms with Gasteiger partial charge in [-0.3, -0.25) is 4.79 Å². The first kappa shape index (κ1) is 23.3. The Bertz CT molecular complexity index is 944. The maximum atomic E-state index is 13.4. The van der Waals surface area contributed by atoms with E-state index in [0.717, 1.165) is 5.56 Å². The SMILES string of the molecule is COc1cc(C(=O)N(NCC(C)(C)C)c2cc(C)nc(C#N)n2)ccc1CN(C)C. The van der Waals surface area contributed by atoms with Crippen LogP contribution in [0, 0.1) is 23.7 Å². The molecule has 0 saturated carbocycles. The zero-order valence-corrected chi connectivity index (χ0v) is 18.8. The van der Waals surface area contributed by atoms with Crippen molar-refractivity contribution in [1.29, 1.82) is 5.26 Å². The van der Waals surface area contributed by atoms with E-state index in [-0.39, 0.29) is 17.1 Å². The quantitative estimate of drug-likeness (QED) is 0.701. The highest BCUT2D eigenvalue weighted by atomic mass is 16.5. The third-order valence-corrected chi connectivity index (χ3v) is 4.16. The minimum Gasteiger partial charge on any atom is -0.496 e. The molecule has 8 nitrogen and oxygen atoms in total. The van der Waals surface area contributed by atoms with Gasteiger partial charge >= 0.3 is 0 Å². The maximum Gasteiger partial charge on any atom is 0.274 e. The predicted molar refractivity (Wildman–Crippen MR) is 116 cm³/mol. The molecule has 1 aromatic carbocycles. The summed E-state index contributed by atoms with van der Waals surface area (Å²) in [5, 5.41) is 10.6. The molecule has 0 unspecified atom stereocenters. The number of nitrogens with zero attached hydrogens (tertiary/aromatic N) is 5. The fraction of sp³-hybridized carbons (Fsp3) is 0.455. The summed E-state index contributed by atoms with van der Waals surface area (Å²) in [5.74, 6) is 0.682. The minimum absolute atomic E-state index is 0.0132. The lowest BCUT2D eigenvalue weighted by Gasteiger charge is -2.27. The lowest BCUT2D eigenvalue weighted by molar-refractivity contribution is 0.0969. The molecule has 1 aromatic heterocycles. The van der Waals surface area contributed by atoms with Crippen molar-refractivity contribution in [2.24, 2.45) is 5.41 Å². The Morgan fingerprint density at radius 3 is 2.50 bits per heavy atom. The van der Waals surface area contributed by atoms with Crippen LogP contribution in [0.1, 0.15) is 48.2 Å². The van der Waals surface area contributed by atoms with Gasteiger partial charge in [0.05, 0.1) is 7.11 Å². The molecular formula is C22H30N6O2. The summed E-state index contributed by atoms with van der Waals surface area (Å²) in [4.78, 5) is 23.8. The van der Waals surface area contributed by atoms with Crippen molar-refractivity contribution >= 4 is 11.7 Å². The molecule has 0 spiro atoms. The normalized spacial score (nSPS) is 11.3. The fourth-order valence-corrected chi connectivity index (χ4v) is 2.77. The molecular weight excluding hydrogens is 380 g/mol. The van der Waals surface area contributed by atoms with E-state index in [1.54, 1.807) is 32.2 Å². The van der Waals surface area contributed by atoms with Gasteiger partial charge in [0.15, 0.2) is 5.82 Å². The standard InChI is InChI=1S/C22H30N6O2/c1-15-10-20(26-19(12-23)25-15)28(24-14-22(2,3)4)21(29)16-8-9-17(13-27(5)6)18(11-16)30-7/h8-11,24H,13-14H2,1-7H3. The second kappa shape index (κ2) is 9.65. The highest BCUT2D eigenvalue weighted by molar-refractivity contribution is 6.05. The number of methoxy groups -OCH3 is 1. The van der Waals surface area contributed by atoms with Gasteiger partial charge in [-0.25, -0.2) is 15.4 Å². The van der Waals surface area contributed by atoms with Crippen LogP contribution in [0.4, 0.5) is 5.82 Å². The molecule has 1 N–H and O–H groups in total. The highest BCUT2D eigenvalue weighted by Crippen LogP contribution is 2.24. The zero-order valence-electron chi connectivity index (χ0n) is 18.8. The van der Waals surface area contributed by atoms with E-state index in [1.165, 1.54) is 5.01 Å². The first-order chi connectivity index (χ1) is 14.0. The van der Waals surface area contributed by atoms with Gasteiger partial charge in [-0.15, -0.1) is 0 Å². The van der Waals surface area contributed by atoms with Crippen molar-refractivity contribution in [3.8, 4) is 11.8 Å². The van der Waals surface area contributed by atoms with Crippen molar-refractivity contribution in [2.75, 3.05) is 32.8 Å². The molecule has 160 valence electrons. The molecule has 0 aliphatic rings. The third-order valence-electron chi connectivity index (χ3n) is 4.16. The van der Waals surface area contributed by atoms with Gasteiger partial charge in [0.25, 0.3) is 5.91 Å². The molecule has 30 heavy (non-hydrogen) atoms. The van der Waals surface area contributed by atoms with Crippen LogP contribution in [0.3, 0.4) is 0 Å². The highest BCUT2D eigenvalue weighted by Gasteiger charge is 2.23. The maximum absolute atomic E-state index is 13.4. The van der Waals surface area contributed by atoms with E-state index in [1.807, 2.05) is 31.1 Å². The van der Waals surface area contributed by atoms with Crippen molar-refractivity contribution < 1.29 is 9.53 Å². The number of rotatable bonds is 7. The monoisotopic (exact) mass is 410 g/mol. The van der Waals surface area contributed by atoms with Crippen LogP contribution >= 0.6 is 0 Å². The van der Waals surface area contributed by atoms with Gasteiger partial charge in [0, 0.05) is 36.0 Å². The number of ether oxygens (including phenoxy) is 1. The Morgan fingerprint density at radius 2 is 1.93 bits per heavy atom. The van der Waals surface area contributed by atoms with E-state index in [0.29, 0.717) is 35.9 Å². The largest absolute Gasteiger partial charge is 0.496 e. The van der Waals surface area contributed by atoms with E-state index in [9.17, 15) is 10.1 Å². The average Bonchev–Trinajstić information content (AvgIpc) is 2.66. The molecule has 2 rings (SSSR count). The first-order valence-electron chi connectivity index (χ1n) is 9.69. The number of hydrogen-bond donors (Lipinski definition) is 1. The Labute approximate surface area is 178 Å². The number of benzene rings is 1. The number of nitriles is 1. The lowest BCUT2D eigenvalue weighted by atomic mass is 9.97. The van der Waals surface area contributed by atoms with E-state index in [4.69, 9.17) is 4.74 Å². The number of hydrogen-bond acceptors (Lipinski definition) is 7. The van der Waals surface area contributed by atoms with Crippen LogP contribution in [-0.2, 0) is 6.54 Å². The molecule has 1 amide bonds. The number of hydrazine groups is 1. The number of carbonyl (C=O) groups is 1. The number of anilines is 1. The molecule has 0 saturated heterocycles. The van der Waals surface area contributed by atoms with Gasteiger partial charge in [0.2, 0.25) is 5.82 Å². The van der Waals surface area contributed by atoms with Crippen molar-refractivity contribution in [3.05, 3.63) is 46.9 Å². The van der Waals surface area contributed by atoms with Crippen LogP contribution in [-0.4, -0.2) is 48.5 Å². The van der Waals surface area contributed by atoms with Crippen molar-refractivity contribution in [2.45, 2.75) is 34.2 Å². The molecule has 0 fully saturated rings. The number of amides is 1. The first-order valence-corrected chi connectivity index (χ1v) is 9.69. The molecule has 2 aromatic rings. The number of carbonyl (C=O) groups excluding carboxylic acids is 1. The van der Waals surface area contributed by atoms with Crippen LogP contribution < -0.4 is 15.2 Å². The number of nitrogens with one attached hydrogen (secondary N) is 1. The summed E-state index contributed by atoms with van der Waals surface area (Å²) in [6, 6.07) is 9.01. The van der Waals surface area contributed by atoms with Crippen LogP contribution in [0.25, 0.3) is 0 Å². The Hall–Kier alpha value is -3.02. The van der Waals surface area contributed by atoms with Crippen LogP contribution in [0.2, 0.25) is 0 Å². The van der Waals surface area contributed by atoms with Crippen LogP contribution in [0.5, 0.6) is 5.75 Å². The van der Waals surface area contributed by atoms with Gasteiger partial charge in [-0.1, -0.05) is 26.8 Å². The zero-order chi connectivity index (χ0) is 22.5. The van der Waals surface area contributed by atoms with E-state index in [2.05, 4.69) is 36.2 Å². The fourth-order valence-electron chi connectivity index (χ4n) is 2.77. The van der Waals surface area contributed by atoms with Crippen LogP contribution in [0.15, 0.2) is 24.3 Å². The smallest absolute Gasteiger partial charge is 0.274 e. The predicted octanol–water partition coefficient (Wildman–Crippen LogP) is 2.92. The molecule has 0 aliphatic heterocycles. The van der Waals surface area contributed by atoms with Gasteiger partial charge in [-0.2, -0.15) is 10.2 Å². The molecule has 0 atom stereocenters. The summed E-state index contributed by atoms with van der Waals surface area (Å²) >= 11 is 0. The van der Waals surface area contributed by atoms with E-state index >= 15 is 0 Å². The number of aromatic nitrogens is 2. The topological polar surface area (TPSA) is 94.4 Å². The lowest BCUT2D eigenvalue weighted by Crippen LogP contribution is -2.47. The molecule has 0 aliphatic carbocycles. The van der Waals surface area contributed by atoms with Crippen molar-refractivity contribution in [3.63, 3.8) is 0 Å². The molecule has 8 heteroatoms. The third kappa shape index (κ3) is 6.24. The van der Waals surface area contributed by atoms with Gasteiger partial charge in [-0.05, 0) is 38.6 Å². The Kier molecular flexibility index (Phi) is 7.48. The average molecular weight is 411 g/mol. The Morgan fingerprint density at radius 1 is 1.23 bits per heavy atom.